The van der Waals surface area contributed by atoms with Crippen LogP contribution in [0.15, 0.2) is 0 Å². The predicted octanol–water partition coefficient (Wildman–Crippen LogP) is 8.30. The Bertz CT molecular complexity index is 511. The van der Waals surface area contributed by atoms with Gasteiger partial charge in [0.1, 0.15) is 0 Å². The van der Waals surface area contributed by atoms with Crippen LogP contribution in [-0.4, -0.2) is 21.0 Å². The lowest BCUT2D eigenvalue weighted by Crippen LogP contribution is -2.31. The maximum atomic E-state index is 2.42. The first-order chi connectivity index (χ1) is 12.7. The van der Waals surface area contributed by atoms with E-state index in [2.05, 4.69) is 83.6 Å². The van der Waals surface area contributed by atoms with E-state index in [1.807, 2.05) is 0 Å². The second-order valence-corrected chi connectivity index (χ2v) is 18.4. The van der Waals surface area contributed by atoms with Crippen molar-refractivity contribution in [3.8, 4) is 0 Å². The highest BCUT2D eigenvalue weighted by Gasteiger charge is 2.56. The van der Waals surface area contributed by atoms with Crippen molar-refractivity contribution in [1.82, 2.24) is 0 Å². The maximum Gasteiger partial charge on any atom is 0.0321 e. The molecule has 0 N–H and O–H groups in total. The lowest BCUT2D eigenvalue weighted by atomic mass is 9.80. The van der Waals surface area contributed by atoms with Gasteiger partial charge in [-0.25, -0.2) is 0 Å². The lowest BCUT2D eigenvalue weighted by Gasteiger charge is -2.31. The van der Waals surface area contributed by atoms with Crippen LogP contribution >= 0.6 is 62.8 Å². The molecule has 26 heavy (non-hydrogen) atoms. The molecule has 0 aromatic heterocycles. The minimum atomic E-state index is 0.923. The summed E-state index contributed by atoms with van der Waals surface area (Å²) in [5, 5.41) is 4.11. The molecule has 4 bridgehead atoms. The molecule has 0 nitrogen and oxygen atoms in total. The summed E-state index contributed by atoms with van der Waals surface area (Å²) in [5.41, 5.74) is 0. The zero-order chi connectivity index (χ0) is 17.8. The normalized spacial score (nSPS) is 53.1. The second-order valence-electron chi connectivity index (χ2n) is 9.63. The SMILES string of the molecule is CC(C)C1CC2CC1C1SSSC21.CCCC1CC2CC1C1SSSC21. The van der Waals surface area contributed by atoms with Crippen LogP contribution in [0.25, 0.3) is 0 Å². The van der Waals surface area contributed by atoms with E-state index in [-0.39, 0.29) is 0 Å². The monoisotopic (exact) mass is 464 g/mol. The zero-order valence-corrected chi connectivity index (χ0v) is 20.9. The average Bonchev–Trinajstić information content (AvgIpc) is 3.42. The summed E-state index contributed by atoms with van der Waals surface area (Å²) in [6, 6.07) is 0. The summed E-state index contributed by atoms with van der Waals surface area (Å²) in [5.74, 6) is 7.42. The molecule has 10 atom stereocenters. The van der Waals surface area contributed by atoms with Gasteiger partial charge in [0.05, 0.1) is 0 Å². The smallest absolute Gasteiger partial charge is 0.0321 e. The second kappa shape index (κ2) is 8.32. The fraction of sp³-hybridized carbons (Fsp3) is 1.00. The quantitative estimate of drug-likeness (QED) is 0.382. The summed E-state index contributed by atoms with van der Waals surface area (Å²) in [4.78, 5) is 0. The molecule has 4 saturated carbocycles. The van der Waals surface area contributed by atoms with E-state index in [1.54, 1.807) is 19.3 Å². The van der Waals surface area contributed by atoms with Gasteiger partial charge in [0, 0.05) is 21.0 Å². The molecule has 2 saturated heterocycles. The van der Waals surface area contributed by atoms with Crippen molar-refractivity contribution in [1.29, 1.82) is 0 Å². The summed E-state index contributed by atoms with van der Waals surface area (Å²) in [6.45, 7) is 7.18. The first-order valence-corrected chi connectivity index (χ1v) is 17.9. The topological polar surface area (TPSA) is 0 Å². The van der Waals surface area contributed by atoms with Crippen LogP contribution in [0.5, 0.6) is 0 Å². The molecule has 6 fully saturated rings. The van der Waals surface area contributed by atoms with Gasteiger partial charge < -0.3 is 0 Å². The van der Waals surface area contributed by atoms with Crippen molar-refractivity contribution in [2.45, 2.75) is 80.3 Å². The van der Waals surface area contributed by atoms with Gasteiger partial charge in [0.25, 0.3) is 0 Å². The van der Waals surface area contributed by atoms with Gasteiger partial charge in [-0.3, -0.25) is 0 Å². The largest absolute Gasteiger partial charge is 0.0776 e. The van der Waals surface area contributed by atoms with Gasteiger partial charge in [0.15, 0.2) is 0 Å². The molecule has 10 unspecified atom stereocenters. The van der Waals surface area contributed by atoms with E-state index in [0.717, 1.165) is 62.4 Å². The fourth-order valence-corrected chi connectivity index (χ4v) is 20.5. The van der Waals surface area contributed by atoms with Crippen molar-refractivity contribution >= 4 is 62.8 Å². The fourth-order valence-electron chi connectivity index (χ4n) is 6.90. The Kier molecular flexibility index (Phi) is 6.41. The summed E-state index contributed by atoms with van der Waals surface area (Å²) in [6.07, 6.45) is 9.13. The van der Waals surface area contributed by atoms with Crippen LogP contribution < -0.4 is 0 Å². The van der Waals surface area contributed by atoms with E-state index >= 15 is 0 Å². The van der Waals surface area contributed by atoms with Crippen LogP contribution in [-0.2, 0) is 0 Å². The van der Waals surface area contributed by atoms with Gasteiger partial charge >= 0.3 is 0 Å². The molecule has 2 heterocycles. The van der Waals surface area contributed by atoms with E-state index in [9.17, 15) is 0 Å². The van der Waals surface area contributed by atoms with Gasteiger partial charge in [0.2, 0.25) is 0 Å². The minimum absolute atomic E-state index is 0.923. The molecule has 6 rings (SSSR count). The average molecular weight is 465 g/mol. The molecule has 0 aromatic carbocycles. The van der Waals surface area contributed by atoms with Gasteiger partial charge in [-0.05, 0) is 86.8 Å². The Morgan fingerprint density at radius 3 is 1.96 bits per heavy atom. The Hall–Kier alpha value is 2.10. The first kappa shape index (κ1) is 20.0. The third-order valence-corrected chi connectivity index (χ3v) is 18.7. The van der Waals surface area contributed by atoms with Crippen LogP contribution in [0.4, 0.5) is 0 Å². The summed E-state index contributed by atoms with van der Waals surface area (Å²) < 4.78 is 0. The van der Waals surface area contributed by atoms with Crippen molar-refractivity contribution in [3.63, 3.8) is 0 Å². The molecule has 0 aromatic rings. The molecule has 2 aliphatic heterocycles. The maximum absolute atomic E-state index is 2.42. The first-order valence-electron chi connectivity index (χ1n) is 10.6. The molecule has 148 valence electrons. The highest BCUT2D eigenvalue weighted by Crippen LogP contribution is 2.68. The summed E-state index contributed by atoms with van der Waals surface area (Å²) >= 11 is 0. The van der Waals surface area contributed by atoms with Crippen LogP contribution in [0, 0.1) is 41.4 Å². The van der Waals surface area contributed by atoms with Gasteiger partial charge in [-0.1, -0.05) is 76.8 Å². The third kappa shape index (κ3) is 3.44. The lowest BCUT2D eigenvalue weighted by molar-refractivity contribution is 0.267. The highest BCUT2D eigenvalue weighted by molar-refractivity contribution is 9.11. The Balaban J connectivity index is 0.000000115. The number of hydrogen-bond acceptors (Lipinski definition) is 6. The molecule has 0 spiro atoms. The molecular weight excluding hydrogens is 433 g/mol. The van der Waals surface area contributed by atoms with Crippen LogP contribution in [0.1, 0.15) is 59.3 Å². The molecular formula is C20H32S6. The van der Waals surface area contributed by atoms with Crippen molar-refractivity contribution < 1.29 is 0 Å². The van der Waals surface area contributed by atoms with Crippen molar-refractivity contribution in [2.75, 3.05) is 0 Å². The number of fused-ring (bicyclic) bond motifs is 10. The summed E-state index contributed by atoms with van der Waals surface area (Å²) in [7, 11) is 12.8. The Labute approximate surface area is 183 Å². The Morgan fingerprint density at radius 1 is 0.731 bits per heavy atom. The van der Waals surface area contributed by atoms with E-state index in [4.69, 9.17) is 0 Å². The van der Waals surface area contributed by atoms with Crippen molar-refractivity contribution in [3.05, 3.63) is 0 Å². The van der Waals surface area contributed by atoms with E-state index in [0.29, 0.717) is 0 Å². The number of rotatable bonds is 3. The van der Waals surface area contributed by atoms with Crippen LogP contribution in [0.3, 0.4) is 0 Å². The standard InChI is InChI=1S/2C10H16S3/c1-5(2)7-3-6-4-8(7)10-9(6)11-13-12-10;1-2-3-6-4-7-5-8(6)10-9(7)11-13-12-10/h5-10H,3-4H2,1-2H3;6-10H,2-5H2,1H3. The van der Waals surface area contributed by atoms with Crippen molar-refractivity contribution in [2.24, 2.45) is 41.4 Å². The predicted molar refractivity (Wildman–Crippen MR) is 130 cm³/mol. The number of hydrogen-bond donors (Lipinski definition) is 0. The molecule has 6 aliphatic rings. The molecule has 6 heteroatoms. The molecule has 4 aliphatic carbocycles. The van der Waals surface area contributed by atoms with Gasteiger partial charge in [-0.15, -0.1) is 0 Å². The minimum Gasteiger partial charge on any atom is -0.0776 e. The molecule has 0 radical (unpaired) electrons. The zero-order valence-electron chi connectivity index (χ0n) is 16.0. The van der Waals surface area contributed by atoms with E-state index in [1.165, 1.54) is 19.3 Å². The highest BCUT2D eigenvalue weighted by atomic mass is 33.5. The third-order valence-electron chi connectivity index (χ3n) is 8.02. The van der Waals surface area contributed by atoms with Gasteiger partial charge in [-0.2, -0.15) is 0 Å². The Morgan fingerprint density at radius 2 is 1.31 bits per heavy atom. The van der Waals surface area contributed by atoms with E-state index < -0.39 is 0 Å². The molecule has 0 amide bonds. The van der Waals surface area contributed by atoms with Crippen LogP contribution in [0.2, 0.25) is 0 Å².